The van der Waals surface area contributed by atoms with Crippen LogP contribution in [0.3, 0.4) is 0 Å². The number of carbonyl (C=O) groups excluding carboxylic acids is 2. The number of thioether (sulfide) groups is 1. The molecule has 0 amide bonds. The van der Waals surface area contributed by atoms with Crippen LogP contribution in [0.25, 0.3) is 0 Å². The normalized spacial score (nSPS) is 14.6. The van der Waals surface area contributed by atoms with Gasteiger partial charge in [0.15, 0.2) is 6.10 Å². The van der Waals surface area contributed by atoms with Crippen molar-refractivity contribution in [1.29, 1.82) is 0 Å². The van der Waals surface area contributed by atoms with E-state index in [1.165, 1.54) is 140 Å². The van der Waals surface area contributed by atoms with Crippen molar-refractivity contribution in [2.24, 2.45) is 11.7 Å². The fourth-order valence-corrected chi connectivity index (χ4v) is 8.04. The van der Waals surface area contributed by atoms with Crippen LogP contribution in [-0.2, 0) is 23.9 Å². The van der Waals surface area contributed by atoms with Crippen LogP contribution < -0.4 is 5.73 Å². The molecule has 0 aliphatic heterocycles. The van der Waals surface area contributed by atoms with E-state index in [9.17, 15) is 24.6 Å². The first-order valence-electron chi connectivity index (χ1n) is 24.5. The van der Waals surface area contributed by atoms with E-state index in [1.54, 1.807) is 0 Å². The number of hydrogen-bond acceptors (Lipinski definition) is 9. The molecule has 0 saturated heterocycles. The zero-order valence-electron chi connectivity index (χ0n) is 39.0. The molecule has 9 nitrogen and oxygen atoms in total. The number of aliphatic hydroxyl groups is 2. The highest BCUT2D eigenvalue weighted by atomic mass is 32.2. The number of ether oxygens (including phenoxy) is 2. The standard InChI is InChI=1S/C51H91NO8S/c1-4-6-7-8-9-10-11-21-24-27-30-33-38-48(47(54)37-35-39-49(55)56)61-43-46(52)51(58)59-42-45(41-53)60-50(57)40-34-31-28-25-22-19-17-15-13-12-14-16-18-20-23-26-29-32-36-44(3)5-2/h9-10,21,24,27,30,33,38,44-48,53-54H,4-8,11-20,22-23,25-26,28-29,31-32,34-37,39-43,52H2,1-3H3,(H,55,56)/b10-9-,24-21-,30-27+,38-33+/t44?,45-,46-,47-,48+/m0/s1. The molecule has 0 bridgehead atoms. The third-order valence-electron chi connectivity index (χ3n) is 11.2. The summed E-state index contributed by atoms with van der Waals surface area (Å²) in [7, 11) is 0. The number of unbranched alkanes of at least 4 members (excludes halogenated alkanes) is 20. The van der Waals surface area contributed by atoms with Crippen LogP contribution in [0.2, 0.25) is 0 Å². The van der Waals surface area contributed by atoms with Gasteiger partial charge < -0.3 is 30.5 Å². The second-order valence-corrected chi connectivity index (χ2v) is 18.2. The van der Waals surface area contributed by atoms with Crippen molar-refractivity contribution >= 4 is 29.7 Å². The molecular formula is C51H91NO8S. The zero-order valence-corrected chi connectivity index (χ0v) is 39.8. The van der Waals surface area contributed by atoms with Gasteiger partial charge in [-0.05, 0) is 44.4 Å². The average Bonchev–Trinajstić information content (AvgIpc) is 3.25. The Morgan fingerprint density at radius 1 is 0.672 bits per heavy atom. The zero-order chi connectivity index (χ0) is 45.0. The van der Waals surface area contributed by atoms with E-state index in [0.717, 1.165) is 38.0 Å². The van der Waals surface area contributed by atoms with Crippen LogP contribution >= 0.6 is 11.8 Å². The van der Waals surface area contributed by atoms with Gasteiger partial charge in [-0.25, -0.2) is 0 Å². The lowest BCUT2D eigenvalue weighted by Crippen LogP contribution is -2.38. The maximum Gasteiger partial charge on any atom is 0.323 e. The van der Waals surface area contributed by atoms with Gasteiger partial charge in [0, 0.05) is 23.8 Å². The number of allylic oxidation sites excluding steroid dienone is 7. The molecule has 0 aromatic heterocycles. The third kappa shape index (κ3) is 40.1. The lowest BCUT2D eigenvalue weighted by Gasteiger charge is -2.21. The van der Waals surface area contributed by atoms with Crippen molar-refractivity contribution in [1.82, 2.24) is 0 Å². The number of aliphatic carboxylic acids is 1. The number of carboxylic acids is 1. The lowest BCUT2D eigenvalue weighted by atomic mass is 9.99. The molecule has 0 saturated carbocycles. The fourth-order valence-electron chi connectivity index (χ4n) is 6.91. The van der Waals surface area contributed by atoms with E-state index in [1.807, 2.05) is 30.4 Å². The van der Waals surface area contributed by atoms with Crippen molar-refractivity contribution in [2.75, 3.05) is 19.0 Å². The molecule has 0 aromatic carbocycles. The van der Waals surface area contributed by atoms with Gasteiger partial charge in [0.1, 0.15) is 12.6 Å². The number of carboxylic acid groups (broad SMARTS) is 1. The predicted octanol–water partition coefficient (Wildman–Crippen LogP) is 12.5. The first kappa shape index (κ1) is 58.6. The van der Waals surface area contributed by atoms with Crippen LogP contribution in [0.5, 0.6) is 0 Å². The molecule has 0 radical (unpaired) electrons. The van der Waals surface area contributed by atoms with Crippen LogP contribution in [-0.4, -0.2) is 75.7 Å². The average molecular weight is 878 g/mol. The quantitative estimate of drug-likeness (QED) is 0.0201. The number of hydrogen-bond donors (Lipinski definition) is 4. The van der Waals surface area contributed by atoms with Crippen molar-refractivity contribution in [2.45, 2.75) is 230 Å². The molecule has 61 heavy (non-hydrogen) atoms. The summed E-state index contributed by atoms with van der Waals surface area (Å²) in [4.78, 5) is 36.1. The molecule has 10 heteroatoms. The van der Waals surface area contributed by atoms with Gasteiger partial charge in [-0.15, -0.1) is 11.8 Å². The molecular weight excluding hydrogens is 787 g/mol. The van der Waals surface area contributed by atoms with E-state index in [2.05, 4.69) is 39.0 Å². The molecule has 0 aliphatic rings. The Bertz CT molecular complexity index is 1160. The number of aliphatic hydroxyl groups excluding tert-OH is 2. The highest BCUT2D eigenvalue weighted by Crippen LogP contribution is 2.22. The highest BCUT2D eigenvalue weighted by Gasteiger charge is 2.23. The van der Waals surface area contributed by atoms with Gasteiger partial charge in [0.2, 0.25) is 0 Å². The van der Waals surface area contributed by atoms with E-state index in [0.29, 0.717) is 6.42 Å². The number of esters is 2. The Morgan fingerprint density at radius 2 is 1.25 bits per heavy atom. The SMILES string of the molecule is CCCCC/C=C\C\C=C/C=C/C=C/[C@@H](SC[C@H](N)C(=O)OC[C@H](CO)OC(=O)CCCCCCCCCCCCCCCCCCCCC(C)CC)[C@@H](O)CCCC(=O)O. The minimum atomic E-state index is -1.01. The maximum atomic E-state index is 12.7. The Morgan fingerprint density at radius 3 is 1.80 bits per heavy atom. The van der Waals surface area contributed by atoms with Crippen molar-refractivity contribution < 1.29 is 39.2 Å². The highest BCUT2D eigenvalue weighted by molar-refractivity contribution is 8.00. The summed E-state index contributed by atoms with van der Waals surface area (Å²) in [6.07, 6.45) is 46.2. The fraction of sp³-hybridized carbons (Fsp3) is 0.784. The van der Waals surface area contributed by atoms with Gasteiger partial charge in [-0.2, -0.15) is 0 Å². The Labute approximate surface area is 377 Å². The monoisotopic (exact) mass is 878 g/mol. The van der Waals surface area contributed by atoms with Gasteiger partial charge in [-0.1, -0.05) is 204 Å². The smallest absolute Gasteiger partial charge is 0.323 e. The number of rotatable bonds is 44. The summed E-state index contributed by atoms with van der Waals surface area (Å²) in [6.45, 7) is 6.08. The molecule has 5 atom stereocenters. The third-order valence-corrected chi connectivity index (χ3v) is 12.6. The van der Waals surface area contributed by atoms with Gasteiger partial charge in [0.25, 0.3) is 0 Å². The second-order valence-electron chi connectivity index (χ2n) is 17.0. The van der Waals surface area contributed by atoms with E-state index >= 15 is 0 Å². The molecule has 0 heterocycles. The van der Waals surface area contributed by atoms with Crippen LogP contribution in [0, 0.1) is 5.92 Å². The first-order valence-corrected chi connectivity index (χ1v) is 25.6. The van der Waals surface area contributed by atoms with Crippen LogP contribution in [0.1, 0.15) is 207 Å². The molecule has 0 aliphatic carbocycles. The Kier molecular flexibility index (Phi) is 42.5. The Hall–Kier alpha value is -2.40. The molecule has 354 valence electrons. The predicted molar refractivity (Wildman–Crippen MR) is 257 cm³/mol. The molecule has 0 aromatic rings. The summed E-state index contributed by atoms with van der Waals surface area (Å²) in [6, 6.07) is -1.01. The second kappa shape index (κ2) is 44.2. The van der Waals surface area contributed by atoms with Crippen LogP contribution in [0.15, 0.2) is 48.6 Å². The summed E-state index contributed by atoms with van der Waals surface area (Å²) in [5.41, 5.74) is 6.12. The summed E-state index contributed by atoms with van der Waals surface area (Å²) in [5, 5.41) is 29.1. The number of nitrogens with two attached hydrogens (primary N) is 1. The molecule has 0 rings (SSSR count). The summed E-state index contributed by atoms with van der Waals surface area (Å²) < 4.78 is 10.6. The number of carbonyl (C=O) groups is 3. The minimum Gasteiger partial charge on any atom is -0.481 e. The largest absolute Gasteiger partial charge is 0.481 e. The molecule has 5 N–H and O–H groups in total. The molecule has 0 fully saturated rings. The van der Waals surface area contributed by atoms with E-state index in [-0.39, 0.29) is 31.6 Å². The van der Waals surface area contributed by atoms with Crippen LogP contribution in [0.4, 0.5) is 0 Å². The summed E-state index contributed by atoms with van der Waals surface area (Å²) >= 11 is 1.28. The summed E-state index contributed by atoms with van der Waals surface area (Å²) in [5.74, 6) is -1.01. The van der Waals surface area contributed by atoms with Crippen molar-refractivity contribution in [3.05, 3.63) is 48.6 Å². The first-order chi connectivity index (χ1) is 29.6. The topological polar surface area (TPSA) is 156 Å². The van der Waals surface area contributed by atoms with Gasteiger partial charge in [-0.3, -0.25) is 14.4 Å². The van der Waals surface area contributed by atoms with Crippen molar-refractivity contribution in [3.63, 3.8) is 0 Å². The van der Waals surface area contributed by atoms with Crippen molar-refractivity contribution in [3.8, 4) is 0 Å². The minimum absolute atomic E-state index is 0.0439. The maximum absolute atomic E-state index is 12.7. The van der Waals surface area contributed by atoms with Gasteiger partial charge in [0.05, 0.1) is 12.7 Å². The molecule has 0 spiro atoms. The molecule has 1 unspecified atom stereocenters. The van der Waals surface area contributed by atoms with Gasteiger partial charge >= 0.3 is 17.9 Å². The lowest BCUT2D eigenvalue weighted by molar-refractivity contribution is -0.161. The van der Waals surface area contributed by atoms with E-state index < -0.39 is 48.0 Å². The van der Waals surface area contributed by atoms with E-state index in [4.69, 9.17) is 20.3 Å². The Balaban J connectivity index is 4.23.